The summed E-state index contributed by atoms with van der Waals surface area (Å²) in [6.07, 6.45) is 2.57. The lowest BCUT2D eigenvalue weighted by Crippen LogP contribution is -2.48. The molecule has 0 aliphatic carbocycles. The van der Waals surface area contributed by atoms with E-state index in [9.17, 15) is 4.79 Å². The van der Waals surface area contributed by atoms with Crippen LogP contribution in [-0.2, 0) is 19.5 Å². The van der Waals surface area contributed by atoms with E-state index in [2.05, 4.69) is 73.6 Å². The average Bonchev–Trinajstić information content (AvgIpc) is 3.63. The maximum absolute atomic E-state index is 13.5. The lowest BCUT2D eigenvalue weighted by atomic mass is 10.0. The Bertz CT molecular complexity index is 1550. The summed E-state index contributed by atoms with van der Waals surface area (Å²) < 4.78 is 7.31. The van der Waals surface area contributed by atoms with Crippen LogP contribution in [-0.4, -0.2) is 61.2 Å². The molecule has 1 N–H and O–H groups in total. The van der Waals surface area contributed by atoms with Crippen molar-refractivity contribution in [3.8, 4) is 0 Å². The van der Waals surface area contributed by atoms with E-state index in [4.69, 9.17) is 4.42 Å². The minimum Gasteiger partial charge on any atom is -0.467 e. The molecule has 194 valence electrons. The van der Waals surface area contributed by atoms with Crippen molar-refractivity contribution in [3.63, 3.8) is 0 Å². The van der Waals surface area contributed by atoms with Crippen molar-refractivity contribution in [2.24, 2.45) is 0 Å². The average molecular weight is 510 g/mol. The number of pyridine rings is 1. The van der Waals surface area contributed by atoms with E-state index in [1.807, 2.05) is 30.3 Å². The van der Waals surface area contributed by atoms with Crippen molar-refractivity contribution >= 4 is 10.9 Å². The first-order valence-electron chi connectivity index (χ1n) is 13.1. The van der Waals surface area contributed by atoms with Gasteiger partial charge in [-0.25, -0.2) is 4.68 Å². The van der Waals surface area contributed by atoms with Crippen LogP contribution in [0.2, 0.25) is 0 Å². The van der Waals surface area contributed by atoms with Crippen molar-refractivity contribution in [1.29, 1.82) is 0 Å². The third kappa shape index (κ3) is 5.03. The normalized spacial score (nSPS) is 15.7. The smallest absolute Gasteiger partial charge is 0.253 e. The Kier molecular flexibility index (Phi) is 6.85. The number of aromatic amines is 1. The largest absolute Gasteiger partial charge is 0.467 e. The van der Waals surface area contributed by atoms with E-state index in [0.29, 0.717) is 17.9 Å². The van der Waals surface area contributed by atoms with Crippen molar-refractivity contribution < 1.29 is 4.42 Å². The Hall–Kier alpha value is -4.08. The fourth-order valence-electron chi connectivity index (χ4n) is 5.29. The first-order chi connectivity index (χ1) is 18.7. The van der Waals surface area contributed by atoms with Gasteiger partial charge in [-0.3, -0.25) is 14.6 Å². The first kappa shape index (κ1) is 24.3. The van der Waals surface area contributed by atoms with Crippen molar-refractivity contribution in [3.05, 3.63) is 112 Å². The van der Waals surface area contributed by atoms with Gasteiger partial charge in [0.2, 0.25) is 0 Å². The van der Waals surface area contributed by atoms with Gasteiger partial charge in [-0.05, 0) is 63.7 Å². The highest BCUT2D eigenvalue weighted by Gasteiger charge is 2.33. The van der Waals surface area contributed by atoms with Crippen molar-refractivity contribution in [2.45, 2.75) is 32.5 Å². The predicted octanol–water partition coefficient (Wildman–Crippen LogP) is 3.63. The Morgan fingerprint density at radius 1 is 0.947 bits per heavy atom. The minimum atomic E-state index is -0.391. The summed E-state index contributed by atoms with van der Waals surface area (Å²) in [7, 11) is 0. The van der Waals surface area contributed by atoms with Gasteiger partial charge in [-0.1, -0.05) is 43.3 Å². The molecule has 1 saturated heterocycles. The van der Waals surface area contributed by atoms with Gasteiger partial charge < -0.3 is 9.40 Å². The lowest BCUT2D eigenvalue weighted by Gasteiger charge is -2.38. The fraction of sp³-hybridized carbons (Fsp3) is 0.310. The summed E-state index contributed by atoms with van der Waals surface area (Å²) in [5.74, 6) is 1.39. The maximum Gasteiger partial charge on any atom is 0.253 e. The molecule has 6 rings (SSSR count). The highest BCUT2D eigenvalue weighted by Crippen LogP contribution is 2.28. The molecule has 4 heterocycles. The molecule has 1 fully saturated rings. The second kappa shape index (κ2) is 10.7. The standard InChI is InChI=1S/C29H31N7O2/c1-2-21-10-11-26-23(17-21)18-25(29(37)30-26)27(28-31-32-33-36(28)20-24-9-6-16-38-24)35-14-12-34(13-15-35)19-22-7-4-3-5-8-22/h3-11,16-18,27H,2,12-15,19-20H2,1H3,(H,30,37)/t27-/m1/s1. The number of tetrazole rings is 1. The van der Waals surface area contributed by atoms with E-state index in [1.165, 1.54) is 11.1 Å². The number of piperazine rings is 1. The van der Waals surface area contributed by atoms with Crippen LogP contribution in [0.25, 0.3) is 10.9 Å². The lowest BCUT2D eigenvalue weighted by molar-refractivity contribution is 0.0997. The summed E-state index contributed by atoms with van der Waals surface area (Å²) in [6, 6.07) is 22.1. The summed E-state index contributed by atoms with van der Waals surface area (Å²) in [6.45, 7) is 6.79. The van der Waals surface area contributed by atoms with E-state index in [1.54, 1.807) is 10.9 Å². The monoisotopic (exact) mass is 509 g/mol. The zero-order valence-electron chi connectivity index (χ0n) is 21.5. The molecule has 2 aromatic carbocycles. The number of hydrogen-bond donors (Lipinski definition) is 1. The summed E-state index contributed by atoms with van der Waals surface area (Å²) in [4.78, 5) is 21.4. The zero-order valence-corrected chi connectivity index (χ0v) is 21.5. The molecule has 1 atom stereocenters. The molecule has 5 aromatic rings. The van der Waals surface area contributed by atoms with Gasteiger partial charge >= 0.3 is 0 Å². The molecule has 38 heavy (non-hydrogen) atoms. The quantitative estimate of drug-likeness (QED) is 0.341. The van der Waals surface area contributed by atoms with Gasteiger partial charge in [0.1, 0.15) is 18.3 Å². The van der Waals surface area contributed by atoms with Crippen LogP contribution < -0.4 is 5.56 Å². The topological polar surface area (TPSA) is 96.1 Å². The van der Waals surface area contributed by atoms with Crippen molar-refractivity contribution in [1.82, 2.24) is 35.0 Å². The number of nitrogens with one attached hydrogen (secondary N) is 1. The third-order valence-corrected chi connectivity index (χ3v) is 7.35. The molecule has 1 aliphatic rings. The molecule has 0 spiro atoms. The second-order valence-corrected chi connectivity index (χ2v) is 9.80. The van der Waals surface area contributed by atoms with Crippen LogP contribution >= 0.6 is 0 Å². The summed E-state index contributed by atoms with van der Waals surface area (Å²) in [5.41, 5.74) is 3.89. The summed E-state index contributed by atoms with van der Waals surface area (Å²) in [5, 5.41) is 13.7. The Morgan fingerprint density at radius 2 is 1.79 bits per heavy atom. The van der Waals surface area contributed by atoms with E-state index >= 15 is 0 Å². The Balaban J connectivity index is 1.35. The molecule has 3 aromatic heterocycles. The van der Waals surface area contributed by atoms with Crippen molar-refractivity contribution in [2.75, 3.05) is 26.2 Å². The van der Waals surface area contributed by atoms with Gasteiger partial charge in [0, 0.05) is 43.8 Å². The Labute approximate surface area is 220 Å². The molecule has 1 aliphatic heterocycles. The van der Waals surface area contributed by atoms with Crippen LogP contribution in [0.5, 0.6) is 0 Å². The SMILES string of the molecule is CCc1ccc2[nH]c(=O)c([C@H](c3nnnn3Cc3ccco3)N3CCN(Cc4ccccc4)CC3)cc2c1. The van der Waals surface area contributed by atoms with Crippen LogP contribution in [0.15, 0.2) is 82.2 Å². The maximum atomic E-state index is 13.5. The Morgan fingerprint density at radius 3 is 2.55 bits per heavy atom. The number of fused-ring (bicyclic) bond motifs is 1. The van der Waals surface area contributed by atoms with Crippen LogP contribution in [0.3, 0.4) is 0 Å². The van der Waals surface area contributed by atoms with Crippen LogP contribution in [0.4, 0.5) is 0 Å². The molecule has 0 radical (unpaired) electrons. The number of hydrogen-bond acceptors (Lipinski definition) is 7. The fourth-order valence-corrected chi connectivity index (χ4v) is 5.29. The number of aryl methyl sites for hydroxylation is 1. The molecule has 0 amide bonds. The second-order valence-electron chi connectivity index (χ2n) is 9.80. The minimum absolute atomic E-state index is 0.119. The van der Waals surface area contributed by atoms with Gasteiger partial charge in [0.25, 0.3) is 5.56 Å². The van der Waals surface area contributed by atoms with E-state index in [0.717, 1.165) is 55.8 Å². The van der Waals surface area contributed by atoms with Crippen LogP contribution in [0, 0.1) is 0 Å². The van der Waals surface area contributed by atoms with E-state index in [-0.39, 0.29) is 5.56 Å². The molecular formula is C29H31N7O2. The number of H-pyrrole nitrogens is 1. The summed E-state index contributed by atoms with van der Waals surface area (Å²) >= 11 is 0. The number of nitrogens with zero attached hydrogens (tertiary/aromatic N) is 6. The molecule has 9 nitrogen and oxygen atoms in total. The molecule has 0 unspecified atom stereocenters. The highest BCUT2D eigenvalue weighted by molar-refractivity contribution is 5.80. The van der Waals surface area contributed by atoms with Gasteiger partial charge in [-0.2, -0.15) is 0 Å². The molecule has 0 bridgehead atoms. The molecular weight excluding hydrogens is 478 g/mol. The van der Waals surface area contributed by atoms with Gasteiger partial charge in [-0.15, -0.1) is 5.10 Å². The van der Waals surface area contributed by atoms with Gasteiger partial charge in [0.15, 0.2) is 5.82 Å². The number of furan rings is 1. The van der Waals surface area contributed by atoms with E-state index < -0.39 is 6.04 Å². The number of benzene rings is 2. The highest BCUT2D eigenvalue weighted by atomic mass is 16.3. The zero-order chi connectivity index (χ0) is 25.9. The molecule has 9 heteroatoms. The number of aromatic nitrogens is 5. The van der Waals surface area contributed by atoms with Crippen LogP contribution in [0.1, 0.15) is 41.2 Å². The molecule has 0 saturated carbocycles. The predicted molar refractivity (Wildman–Crippen MR) is 145 cm³/mol. The first-order valence-corrected chi connectivity index (χ1v) is 13.1. The third-order valence-electron chi connectivity index (χ3n) is 7.35. The number of rotatable bonds is 8. The van der Waals surface area contributed by atoms with Gasteiger partial charge in [0.05, 0.1) is 6.26 Å².